The fraction of sp³-hybridized carbons (Fsp3) is 0.364. The number of benzene rings is 1. The summed E-state index contributed by atoms with van der Waals surface area (Å²) in [5.74, 6) is -0.316. The SMILES string of the molecule is CCc1nnc(Nc2cc(C)nc([C@@H]3CN(C(=O)Cc4ccc(F)cc4)CCO3)c2)s1. The van der Waals surface area contributed by atoms with E-state index in [4.69, 9.17) is 4.74 Å². The van der Waals surface area contributed by atoms with Crippen LogP contribution in [0.1, 0.15) is 35.0 Å². The maximum atomic E-state index is 13.1. The van der Waals surface area contributed by atoms with Crippen LogP contribution in [0.4, 0.5) is 15.2 Å². The van der Waals surface area contributed by atoms with Crippen LogP contribution in [0.15, 0.2) is 36.4 Å². The molecule has 7 nitrogen and oxygen atoms in total. The molecule has 4 rings (SSSR count). The number of aromatic nitrogens is 3. The predicted octanol–water partition coefficient (Wildman–Crippen LogP) is 3.83. The second kappa shape index (κ2) is 9.49. The topological polar surface area (TPSA) is 80.2 Å². The van der Waals surface area contributed by atoms with Gasteiger partial charge in [-0.3, -0.25) is 9.78 Å². The smallest absolute Gasteiger partial charge is 0.227 e. The lowest BCUT2D eigenvalue weighted by atomic mass is 10.1. The van der Waals surface area contributed by atoms with E-state index < -0.39 is 0 Å². The predicted molar refractivity (Wildman–Crippen MR) is 117 cm³/mol. The van der Waals surface area contributed by atoms with Crippen LogP contribution < -0.4 is 5.32 Å². The van der Waals surface area contributed by atoms with Crippen LogP contribution in [-0.4, -0.2) is 45.7 Å². The Kier molecular flexibility index (Phi) is 6.53. The van der Waals surface area contributed by atoms with Crippen LogP contribution in [0.2, 0.25) is 0 Å². The van der Waals surface area contributed by atoms with Crippen molar-refractivity contribution in [2.75, 3.05) is 25.0 Å². The summed E-state index contributed by atoms with van der Waals surface area (Å²) in [6.45, 7) is 5.36. The quantitative estimate of drug-likeness (QED) is 0.626. The number of hydrogen-bond acceptors (Lipinski definition) is 7. The highest BCUT2D eigenvalue weighted by Gasteiger charge is 2.27. The van der Waals surface area contributed by atoms with Gasteiger partial charge < -0.3 is 15.0 Å². The van der Waals surface area contributed by atoms with Gasteiger partial charge in [-0.2, -0.15) is 0 Å². The summed E-state index contributed by atoms with van der Waals surface area (Å²) in [5.41, 5.74) is 3.26. The van der Waals surface area contributed by atoms with Gasteiger partial charge in [0, 0.05) is 17.9 Å². The van der Waals surface area contributed by atoms with Gasteiger partial charge in [0.2, 0.25) is 11.0 Å². The zero-order valence-corrected chi connectivity index (χ0v) is 18.3. The minimum Gasteiger partial charge on any atom is -0.368 e. The van der Waals surface area contributed by atoms with Gasteiger partial charge in [-0.05, 0) is 43.2 Å². The molecule has 1 aliphatic heterocycles. The number of hydrogen-bond donors (Lipinski definition) is 1. The highest BCUT2D eigenvalue weighted by molar-refractivity contribution is 7.15. The van der Waals surface area contributed by atoms with Crippen molar-refractivity contribution in [3.63, 3.8) is 0 Å². The summed E-state index contributed by atoms with van der Waals surface area (Å²) in [4.78, 5) is 19.2. The van der Waals surface area contributed by atoms with Crippen LogP contribution >= 0.6 is 11.3 Å². The van der Waals surface area contributed by atoms with Crippen molar-refractivity contribution in [1.82, 2.24) is 20.1 Å². The van der Waals surface area contributed by atoms with Gasteiger partial charge in [-0.1, -0.05) is 30.4 Å². The second-order valence-corrected chi connectivity index (χ2v) is 8.47. The average Bonchev–Trinajstić information content (AvgIpc) is 3.22. The molecule has 1 N–H and O–H groups in total. The number of nitrogens with one attached hydrogen (secondary N) is 1. The molecule has 1 amide bonds. The molecule has 0 radical (unpaired) electrons. The number of carbonyl (C=O) groups is 1. The number of morpholine rings is 1. The van der Waals surface area contributed by atoms with Gasteiger partial charge in [0.05, 0.1) is 25.3 Å². The Morgan fingerprint density at radius 1 is 1.29 bits per heavy atom. The van der Waals surface area contributed by atoms with Gasteiger partial charge in [-0.15, -0.1) is 10.2 Å². The molecule has 31 heavy (non-hydrogen) atoms. The number of ether oxygens (including phenoxy) is 1. The minimum atomic E-state index is -0.313. The fourth-order valence-corrected chi connectivity index (χ4v) is 4.14. The van der Waals surface area contributed by atoms with Crippen LogP contribution in [0, 0.1) is 12.7 Å². The Morgan fingerprint density at radius 2 is 2.10 bits per heavy atom. The van der Waals surface area contributed by atoms with E-state index >= 15 is 0 Å². The van der Waals surface area contributed by atoms with E-state index in [1.807, 2.05) is 26.0 Å². The third-order valence-corrected chi connectivity index (χ3v) is 5.99. The molecule has 1 atom stereocenters. The van der Waals surface area contributed by atoms with Crippen molar-refractivity contribution in [3.8, 4) is 0 Å². The molecule has 0 spiro atoms. The Hall–Kier alpha value is -2.91. The molecule has 0 bridgehead atoms. The largest absolute Gasteiger partial charge is 0.368 e. The first-order chi connectivity index (χ1) is 15.0. The van der Waals surface area contributed by atoms with Crippen molar-refractivity contribution >= 4 is 28.1 Å². The normalized spacial score (nSPS) is 16.4. The second-order valence-electron chi connectivity index (χ2n) is 7.40. The van der Waals surface area contributed by atoms with Crippen molar-refractivity contribution in [2.45, 2.75) is 32.8 Å². The summed E-state index contributed by atoms with van der Waals surface area (Å²) < 4.78 is 19.0. The number of amides is 1. The van der Waals surface area contributed by atoms with E-state index in [1.54, 1.807) is 17.0 Å². The van der Waals surface area contributed by atoms with Crippen molar-refractivity contribution in [1.29, 1.82) is 0 Å². The Balaban J connectivity index is 1.45. The molecular formula is C22H24FN5O2S. The van der Waals surface area contributed by atoms with E-state index in [2.05, 4.69) is 20.5 Å². The lowest BCUT2D eigenvalue weighted by Crippen LogP contribution is -2.43. The monoisotopic (exact) mass is 441 g/mol. The lowest BCUT2D eigenvalue weighted by molar-refractivity contribution is -0.138. The molecule has 9 heteroatoms. The highest BCUT2D eigenvalue weighted by Crippen LogP contribution is 2.27. The van der Waals surface area contributed by atoms with Crippen LogP contribution in [0.3, 0.4) is 0 Å². The van der Waals surface area contributed by atoms with Crippen molar-refractivity contribution in [3.05, 3.63) is 64.2 Å². The number of halogens is 1. The van der Waals surface area contributed by atoms with Gasteiger partial charge in [0.25, 0.3) is 0 Å². The van der Waals surface area contributed by atoms with Gasteiger partial charge in [0.1, 0.15) is 16.9 Å². The summed E-state index contributed by atoms with van der Waals surface area (Å²) in [6, 6.07) is 9.90. The third-order valence-electron chi connectivity index (χ3n) is 5.01. The van der Waals surface area contributed by atoms with Crippen molar-refractivity contribution in [2.24, 2.45) is 0 Å². The number of rotatable bonds is 6. The number of nitrogens with zero attached hydrogens (tertiary/aromatic N) is 4. The summed E-state index contributed by atoms with van der Waals surface area (Å²) in [6.07, 6.45) is 0.766. The molecule has 1 aromatic carbocycles. The number of anilines is 2. The van der Waals surface area contributed by atoms with E-state index in [0.717, 1.165) is 39.2 Å². The van der Waals surface area contributed by atoms with E-state index in [9.17, 15) is 9.18 Å². The van der Waals surface area contributed by atoms with Crippen LogP contribution in [0.5, 0.6) is 0 Å². The summed E-state index contributed by atoms with van der Waals surface area (Å²) in [7, 11) is 0. The van der Waals surface area contributed by atoms with Crippen molar-refractivity contribution < 1.29 is 13.9 Å². The van der Waals surface area contributed by atoms with Gasteiger partial charge in [-0.25, -0.2) is 4.39 Å². The van der Waals surface area contributed by atoms with E-state index in [1.165, 1.54) is 23.5 Å². The zero-order valence-electron chi connectivity index (χ0n) is 17.5. The average molecular weight is 442 g/mol. The molecule has 1 aliphatic rings. The summed E-state index contributed by atoms with van der Waals surface area (Å²) >= 11 is 1.52. The molecule has 3 heterocycles. The number of aryl methyl sites for hydroxylation is 2. The molecule has 0 saturated carbocycles. The maximum Gasteiger partial charge on any atom is 0.227 e. The Bertz CT molecular complexity index is 1060. The Morgan fingerprint density at radius 3 is 2.84 bits per heavy atom. The van der Waals surface area contributed by atoms with Crippen LogP contribution in [-0.2, 0) is 22.4 Å². The number of carbonyl (C=O) groups excluding carboxylic acids is 1. The van der Waals surface area contributed by atoms with Crippen LogP contribution in [0.25, 0.3) is 0 Å². The molecule has 2 aromatic heterocycles. The molecule has 1 saturated heterocycles. The molecular weight excluding hydrogens is 417 g/mol. The zero-order chi connectivity index (χ0) is 21.8. The van der Waals surface area contributed by atoms with Gasteiger partial charge in [0.15, 0.2) is 0 Å². The first-order valence-corrected chi connectivity index (χ1v) is 11.0. The standard InChI is InChI=1S/C22H24FN5O2S/c1-3-20-26-27-22(31-20)25-17-10-14(2)24-18(12-17)19-13-28(8-9-30-19)21(29)11-15-4-6-16(23)7-5-15/h4-7,10,12,19H,3,8-9,11,13H2,1-2H3,(H,24,25,27)/t19-/m0/s1. The lowest BCUT2D eigenvalue weighted by Gasteiger charge is -2.33. The highest BCUT2D eigenvalue weighted by atomic mass is 32.1. The number of pyridine rings is 1. The summed E-state index contributed by atoms with van der Waals surface area (Å²) in [5, 5.41) is 13.3. The Labute approximate surface area is 184 Å². The molecule has 1 fully saturated rings. The molecule has 162 valence electrons. The molecule has 0 unspecified atom stereocenters. The first kappa shape index (κ1) is 21.3. The molecule has 3 aromatic rings. The van der Waals surface area contributed by atoms with E-state index in [-0.39, 0.29) is 24.2 Å². The minimum absolute atomic E-state index is 0.00753. The first-order valence-electron chi connectivity index (χ1n) is 10.2. The van der Waals surface area contributed by atoms with Gasteiger partial charge >= 0.3 is 0 Å². The molecule has 0 aliphatic carbocycles. The maximum absolute atomic E-state index is 13.1. The fourth-order valence-electron chi connectivity index (χ4n) is 3.45. The van der Waals surface area contributed by atoms with E-state index in [0.29, 0.717) is 19.7 Å². The third kappa shape index (κ3) is 5.42.